The summed E-state index contributed by atoms with van der Waals surface area (Å²) in [6, 6.07) is 7.08. The average molecular weight is 395 g/mol. The molecule has 0 radical (unpaired) electrons. The summed E-state index contributed by atoms with van der Waals surface area (Å²) < 4.78 is 41.3. The van der Waals surface area contributed by atoms with Gasteiger partial charge in [0.05, 0.1) is 6.54 Å². The molecule has 0 spiro atoms. The lowest BCUT2D eigenvalue weighted by molar-refractivity contribution is -0.274. The molecule has 0 atom stereocenters. The van der Waals surface area contributed by atoms with Crippen LogP contribution in [0.25, 0.3) is 0 Å². The van der Waals surface area contributed by atoms with E-state index in [1.54, 1.807) is 0 Å². The smallest absolute Gasteiger partial charge is 0.406 e. The van der Waals surface area contributed by atoms with Gasteiger partial charge in [-0.1, -0.05) is 12.0 Å². The van der Waals surface area contributed by atoms with E-state index in [4.69, 9.17) is 6.42 Å². The van der Waals surface area contributed by atoms with Crippen molar-refractivity contribution in [2.24, 2.45) is 0 Å². The van der Waals surface area contributed by atoms with Crippen LogP contribution in [-0.4, -0.2) is 35.3 Å². The molecule has 146 valence electrons. The number of halogens is 3. The second-order valence-electron chi connectivity index (χ2n) is 5.01. The Hall–Kier alpha value is -3.78. The number of ether oxygens (including phenoxy) is 1. The predicted octanol–water partition coefficient (Wildman–Crippen LogP) is 1.96. The van der Waals surface area contributed by atoms with Crippen LogP contribution in [0.3, 0.4) is 0 Å². The van der Waals surface area contributed by atoms with Crippen molar-refractivity contribution >= 4 is 23.5 Å². The zero-order chi connectivity index (χ0) is 20.7. The molecule has 2 N–H and O–H groups in total. The fraction of sp³-hybridized carbons (Fsp3) is 0.118. The summed E-state index contributed by atoms with van der Waals surface area (Å²) in [6.45, 7) is -0.131. The summed E-state index contributed by atoms with van der Waals surface area (Å²) in [5, 5.41) is 2.30. The number of anilines is 1. The fourth-order valence-corrected chi connectivity index (χ4v) is 1.99. The van der Waals surface area contributed by atoms with E-state index in [2.05, 4.69) is 26.3 Å². The van der Waals surface area contributed by atoms with Crippen molar-refractivity contribution in [2.45, 2.75) is 6.36 Å². The van der Waals surface area contributed by atoms with E-state index < -0.39 is 29.9 Å². The SMILES string of the molecule is C#CCNOC(=O)C(=O)n1cccc1C(=O)Nc1cccc(OC(F)(F)F)c1. The first-order chi connectivity index (χ1) is 13.2. The van der Waals surface area contributed by atoms with E-state index in [0.29, 0.717) is 4.57 Å². The lowest BCUT2D eigenvalue weighted by Crippen LogP contribution is -2.32. The van der Waals surface area contributed by atoms with Crippen LogP contribution in [0.5, 0.6) is 5.75 Å². The number of nitrogens with zero attached hydrogens (tertiary/aromatic N) is 1. The van der Waals surface area contributed by atoms with Crippen LogP contribution < -0.4 is 15.5 Å². The molecule has 1 amide bonds. The van der Waals surface area contributed by atoms with Gasteiger partial charge in [0.15, 0.2) is 0 Å². The highest BCUT2D eigenvalue weighted by molar-refractivity contribution is 6.34. The lowest BCUT2D eigenvalue weighted by Gasteiger charge is -2.11. The predicted molar refractivity (Wildman–Crippen MR) is 89.1 cm³/mol. The minimum Gasteiger partial charge on any atom is -0.406 e. The number of hydrogen-bond donors (Lipinski definition) is 2. The van der Waals surface area contributed by atoms with Gasteiger partial charge in [-0.05, 0) is 24.3 Å². The summed E-state index contributed by atoms with van der Waals surface area (Å²) in [5.74, 6) is -1.78. The summed E-state index contributed by atoms with van der Waals surface area (Å²) in [4.78, 5) is 40.5. The van der Waals surface area contributed by atoms with Gasteiger partial charge in [-0.2, -0.15) is 0 Å². The normalized spacial score (nSPS) is 10.6. The Morgan fingerprint density at radius 1 is 1.18 bits per heavy atom. The van der Waals surface area contributed by atoms with E-state index in [1.807, 2.05) is 0 Å². The number of benzene rings is 1. The van der Waals surface area contributed by atoms with Gasteiger partial charge in [-0.15, -0.1) is 25.1 Å². The van der Waals surface area contributed by atoms with Crippen LogP contribution in [0, 0.1) is 12.3 Å². The van der Waals surface area contributed by atoms with Gasteiger partial charge < -0.3 is 14.9 Å². The molecular formula is C17H12F3N3O5. The van der Waals surface area contributed by atoms with Crippen LogP contribution in [0.1, 0.15) is 15.3 Å². The van der Waals surface area contributed by atoms with Crippen LogP contribution in [-0.2, 0) is 9.63 Å². The molecule has 0 bridgehead atoms. The Labute approximate surface area is 156 Å². The highest BCUT2D eigenvalue weighted by atomic mass is 19.4. The minimum atomic E-state index is -4.89. The maximum atomic E-state index is 12.3. The van der Waals surface area contributed by atoms with E-state index in [9.17, 15) is 27.6 Å². The molecule has 0 aliphatic heterocycles. The third-order valence-corrected chi connectivity index (χ3v) is 3.04. The highest BCUT2D eigenvalue weighted by Gasteiger charge is 2.31. The van der Waals surface area contributed by atoms with Crippen molar-refractivity contribution in [1.29, 1.82) is 0 Å². The number of nitrogens with one attached hydrogen (secondary N) is 2. The monoisotopic (exact) mass is 395 g/mol. The molecule has 11 heteroatoms. The van der Waals surface area contributed by atoms with Crippen molar-refractivity contribution in [3.63, 3.8) is 0 Å². The number of aromatic nitrogens is 1. The molecule has 0 aliphatic carbocycles. The number of hydrogen-bond acceptors (Lipinski definition) is 6. The summed E-state index contributed by atoms with van der Waals surface area (Å²) >= 11 is 0. The average Bonchev–Trinajstić information content (AvgIpc) is 3.09. The maximum Gasteiger partial charge on any atom is 0.573 e. The second kappa shape index (κ2) is 8.74. The third-order valence-electron chi connectivity index (χ3n) is 3.04. The number of rotatable bonds is 5. The van der Waals surface area contributed by atoms with Crippen molar-refractivity contribution in [2.75, 3.05) is 11.9 Å². The minimum absolute atomic E-state index is 0.0230. The largest absolute Gasteiger partial charge is 0.573 e. The van der Waals surface area contributed by atoms with Gasteiger partial charge in [0.1, 0.15) is 11.4 Å². The zero-order valence-electron chi connectivity index (χ0n) is 13.9. The Balaban J connectivity index is 2.11. The Bertz CT molecular complexity index is 931. The van der Waals surface area contributed by atoms with Crippen LogP contribution in [0.4, 0.5) is 18.9 Å². The van der Waals surface area contributed by atoms with Crippen molar-refractivity contribution in [3.8, 4) is 18.1 Å². The molecule has 0 fully saturated rings. The van der Waals surface area contributed by atoms with Gasteiger partial charge in [0.2, 0.25) is 0 Å². The first-order valence-electron chi connectivity index (χ1n) is 7.47. The summed E-state index contributed by atoms with van der Waals surface area (Å²) in [6.07, 6.45) is 1.20. The number of amides is 1. The molecule has 2 rings (SSSR count). The standard InChI is InChI=1S/C17H12F3N3O5/c1-2-8-21-28-16(26)15(25)23-9-4-7-13(23)14(24)22-11-5-3-6-12(10-11)27-17(18,19)20/h1,3-7,9-10,21H,8H2,(H,22,24). The Morgan fingerprint density at radius 3 is 2.61 bits per heavy atom. The number of terminal acetylenes is 1. The van der Waals surface area contributed by atoms with Crippen molar-refractivity contribution in [1.82, 2.24) is 10.0 Å². The Morgan fingerprint density at radius 2 is 1.93 bits per heavy atom. The van der Waals surface area contributed by atoms with Gasteiger partial charge in [-0.3, -0.25) is 14.2 Å². The molecule has 1 aromatic carbocycles. The van der Waals surface area contributed by atoms with Gasteiger partial charge in [0, 0.05) is 18.0 Å². The first kappa shape index (κ1) is 20.5. The van der Waals surface area contributed by atoms with E-state index in [0.717, 1.165) is 18.3 Å². The van der Waals surface area contributed by atoms with E-state index in [-0.39, 0.29) is 17.9 Å². The van der Waals surface area contributed by atoms with Crippen LogP contribution in [0.15, 0.2) is 42.6 Å². The van der Waals surface area contributed by atoms with Crippen LogP contribution in [0.2, 0.25) is 0 Å². The molecule has 0 aliphatic rings. The first-order valence-corrected chi connectivity index (χ1v) is 7.47. The van der Waals surface area contributed by atoms with Crippen LogP contribution >= 0.6 is 0 Å². The fourth-order valence-electron chi connectivity index (χ4n) is 1.99. The number of hydroxylamine groups is 1. The van der Waals surface area contributed by atoms with Gasteiger partial charge >= 0.3 is 18.2 Å². The molecule has 1 aromatic heterocycles. The summed E-state index contributed by atoms with van der Waals surface area (Å²) in [5.41, 5.74) is 1.79. The molecular weight excluding hydrogens is 383 g/mol. The van der Waals surface area contributed by atoms with E-state index >= 15 is 0 Å². The number of alkyl halides is 3. The molecule has 2 aromatic rings. The number of carbonyl (C=O) groups excluding carboxylic acids is 3. The second-order valence-corrected chi connectivity index (χ2v) is 5.01. The third kappa shape index (κ3) is 5.61. The molecule has 28 heavy (non-hydrogen) atoms. The highest BCUT2D eigenvalue weighted by Crippen LogP contribution is 2.25. The van der Waals surface area contributed by atoms with E-state index in [1.165, 1.54) is 24.3 Å². The molecule has 0 saturated carbocycles. The number of carbonyl (C=O) groups is 3. The summed E-state index contributed by atoms with van der Waals surface area (Å²) in [7, 11) is 0. The van der Waals surface area contributed by atoms with Crippen molar-refractivity contribution in [3.05, 3.63) is 48.3 Å². The molecule has 8 nitrogen and oxygen atoms in total. The van der Waals surface area contributed by atoms with Crippen molar-refractivity contribution < 1.29 is 37.1 Å². The Kier molecular flexibility index (Phi) is 6.41. The molecule has 1 heterocycles. The van der Waals surface area contributed by atoms with Gasteiger partial charge in [0.25, 0.3) is 5.91 Å². The zero-order valence-corrected chi connectivity index (χ0v) is 13.9. The topological polar surface area (TPSA) is 98.7 Å². The lowest BCUT2D eigenvalue weighted by atomic mass is 10.3. The maximum absolute atomic E-state index is 12.3. The molecule has 0 saturated heterocycles. The molecule has 0 unspecified atom stereocenters. The van der Waals surface area contributed by atoms with Gasteiger partial charge in [-0.25, -0.2) is 4.79 Å². The quantitative estimate of drug-likeness (QED) is 0.348.